The molecule has 84 valence electrons. The number of amides is 1. The third-order valence-corrected chi connectivity index (χ3v) is 2.98. The molecular formula is C10H15NO3S. The molecule has 0 aromatic carbocycles. The predicted octanol–water partition coefficient (Wildman–Crippen LogP) is 0.794. The molecule has 1 aliphatic heterocycles. The van der Waals surface area contributed by atoms with Crippen LogP contribution < -0.4 is 0 Å². The molecule has 15 heavy (non-hydrogen) atoms. The molecule has 4 nitrogen and oxygen atoms in total. The summed E-state index contributed by atoms with van der Waals surface area (Å²) < 4.78 is 0. The molecule has 0 aliphatic carbocycles. The van der Waals surface area contributed by atoms with Crippen LogP contribution in [0.2, 0.25) is 0 Å². The van der Waals surface area contributed by atoms with Gasteiger partial charge in [0, 0.05) is 18.2 Å². The number of rotatable bonds is 3. The van der Waals surface area contributed by atoms with Crippen LogP contribution in [0.25, 0.3) is 0 Å². The molecule has 0 fully saturated rings. The van der Waals surface area contributed by atoms with Crippen LogP contribution in [0.15, 0.2) is 11.6 Å². The first-order valence-electron chi connectivity index (χ1n) is 4.78. The Morgan fingerprint density at radius 3 is 2.80 bits per heavy atom. The molecule has 1 aliphatic rings. The van der Waals surface area contributed by atoms with Crippen LogP contribution in [-0.4, -0.2) is 40.2 Å². The van der Waals surface area contributed by atoms with Gasteiger partial charge in [0.05, 0.1) is 0 Å². The van der Waals surface area contributed by atoms with E-state index in [4.69, 9.17) is 5.11 Å². The number of hydrogen-bond donors (Lipinski definition) is 2. The maximum absolute atomic E-state index is 11.8. The topological polar surface area (TPSA) is 57.6 Å². The van der Waals surface area contributed by atoms with Crippen molar-refractivity contribution in [2.75, 3.05) is 12.3 Å². The molecule has 0 radical (unpaired) electrons. The third kappa shape index (κ3) is 2.53. The predicted molar refractivity (Wildman–Crippen MR) is 59.9 cm³/mol. The molecule has 1 rings (SSSR count). The second-order valence-corrected chi connectivity index (χ2v) is 4.21. The van der Waals surface area contributed by atoms with Crippen LogP contribution >= 0.6 is 12.6 Å². The van der Waals surface area contributed by atoms with E-state index >= 15 is 0 Å². The van der Waals surface area contributed by atoms with Crippen molar-refractivity contribution in [2.24, 2.45) is 5.92 Å². The van der Waals surface area contributed by atoms with E-state index in [-0.39, 0.29) is 11.8 Å². The number of carbonyl (C=O) groups is 2. The molecule has 5 heteroatoms. The number of carboxylic acids is 1. The first-order valence-corrected chi connectivity index (χ1v) is 5.42. The van der Waals surface area contributed by atoms with E-state index in [2.05, 4.69) is 12.6 Å². The van der Waals surface area contributed by atoms with Crippen LogP contribution in [0.5, 0.6) is 0 Å². The number of hydrogen-bond acceptors (Lipinski definition) is 3. The van der Waals surface area contributed by atoms with E-state index < -0.39 is 12.0 Å². The lowest BCUT2D eigenvalue weighted by Gasteiger charge is -2.24. The van der Waals surface area contributed by atoms with Gasteiger partial charge >= 0.3 is 5.97 Å². The zero-order chi connectivity index (χ0) is 11.6. The fourth-order valence-corrected chi connectivity index (χ4v) is 1.72. The Morgan fingerprint density at radius 2 is 2.33 bits per heavy atom. The van der Waals surface area contributed by atoms with E-state index in [0.717, 1.165) is 5.57 Å². The summed E-state index contributed by atoms with van der Waals surface area (Å²) in [6.45, 7) is 3.99. The highest BCUT2D eigenvalue weighted by Gasteiger charge is 2.34. The number of carboxylic acid groups (broad SMARTS) is 1. The summed E-state index contributed by atoms with van der Waals surface area (Å²) >= 11 is 4.04. The average molecular weight is 229 g/mol. The maximum Gasteiger partial charge on any atom is 0.330 e. The minimum atomic E-state index is -0.980. The van der Waals surface area contributed by atoms with Crippen molar-refractivity contribution in [3.05, 3.63) is 11.6 Å². The van der Waals surface area contributed by atoms with E-state index in [1.165, 1.54) is 4.90 Å². The van der Waals surface area contributed by atoms with Crippen LogP contribution in [0.3, 0.4) is 0 Å². The van der Waals surface area contributed by atoms with Crippen LogP contribution in [-0.2, 0) is 9.59 Å². The van der Waals surface area contributed by atoms with Gasteiger partial charge < -0.3 is 10.0 Å². The summed E-state index contributed by atoms with van der Waals surface area (Å²) in [5.41, 5.74) is 0.919. The number of thiol groups is 1. The van der Waals surface area contributed by atoms with Gasteiger partial charge in [-0.1, -0.05) is 18.6 Å². The lowest BCUT2D eigenvalue weighted by Crippen LogP contribution is -2.43. The van der Waals surface area contributed by atoms with Crippen LogP contribution in [0, 0.1) is 5.92 Å². The van der Waals surface area contributed by atoms with Crippen molar-refractivity contribution in [1.82, 2.24) is 4.90 Å². The molecular weight excluding hydrogens is 214 g/mol. The highest BCUT2D eigenvalue weighted by Crippen LogP contribution is 2.19. The smallest absolute Gasteiger partial charge is 0.330 e. The van der Waals surface area contributed by atoms with Gasteiger partial charge in [-0.05, 0) is 6.92 Å². The minimum absolute atomic E-state index is 0.148. The Bertz CT molecular complexity index is 314. The van der Waals surface area contributed by atoms with Crippen molar-refractivity contribution in [2.45, 2.75) is 19.9 Å². The number of nitrogens with zero attached hydrogens (tertiary/aromatic N) is 1. The van der Waals surface area contributed by atoms with E-state index in [1.54, 1.807) is 13.0 Å². The Kier molecular flexibility index (Phi) is 3.79. The van der Waals surface area contributed by atoms with E-state index in [1.807, 2.05) is 6.92 Å². The Balaban J connectivity index is 2.79. The Morgan fingerprint density at radius 1 is 1.73 bits per heavy atom. The van der Waals surface area contributed by atoms with Gasteiger partial charge in [0.15, 0.2) is 0 Å². The quantitative estimate of drug-likeness (QED) is 0.556. The van der Waals surface area contributed by atoms with Crippen molar-refractivity contribution in [1.29, 1.82) is 0 Å². The summed E-state index contributed by atoms with van der Waals surface area (Å²) in [4.78, 5) is 24.1. The fraction of sp³-hybridized carbons (Fsp3) is 0.600. The summed E-state index contributed by atoms with van der Waals surface area (Å²) in [5.74, 6) is -0.938. The molecule has 1 unspecified atom stereocenters. The standard InChI is InChI=1S/C10H15NO3S/c1-6-3-8(10(13)14)11(4-6)9(12)7(2)5-15/h3,7-8,15H,4-5H2,1-2H3,(H,13,14)/t7-,8?/m1/s1. The van der Waals surface area contributed by atoms with Gasteiger partial charge in [-0.25, -0.2) is 4.79 Å². The Hall–Kier alpha value is -0.970. The molecule has 1 N–H and O–H groups in total. The highest BCUT2D eigenvalue weighted by molar-refractivity contribution is 7.80. The van der Waals surface area contributed by atoms with Gasteiger partial charge in [-0.2, -0.15) is 12.6 Å². The first-order chi connectivity index (χ1) is 6.97. The average Bonchev–Trinajstić information content (AvgIpc) is 2.58. The number of aliphatic carboxylic acids is 1. The SMILES string of the molecule is CC1=CC(C(=O)O)N(C(=O)[C@H](C)CS)C1. The molecule has 2 atom stereocenters. The van der Waals surface area contributed by atoms with E-state index in [9.17, 15) is 9.59 Å². The lowest BCUT2D eigenvalue weighted by atomic mass is 10.1. The number of carbonyl (C=O) groups excluding carboxylic acids is 1. The normalized spacial score (nSPS) is 22.5. The minimum Gasteiger partial charge on any atom is -0.479 e. The van der Waals surface area contributed by atoms with E-state index in [0.29, 0.717) is 12.3 Å². The molecule has 1 heterocycles. The molecule has 0 saturated heterocycles. The molecule has 0 aromatic rings. The van der Waals surface area contributed by atoms with Crippen molar-refractivity contribution in [3.63, 3.8) is 0 Å². The van der Waals surface area contributed by atoms with Crippen LogP contribution in [0.4, 0.5) is 0 Å². The second-order valence-electron chi connectivity index (χ2n) is 3.85. The van der Waals surface area contributed by atoms with Crippen molar-refractivity contribution < 1.29 is 14.7 Å². The highest BCUT2D eigenvalue weighted by atomic mass is 32.1. The fourth-order valence-electron chi connectivity index (χ4n) is 1.56. The summed E-state index contributed by atoms with van der Waals surface area (Å²) in [5, 5.41) is 8.95. The van der Waals surface area contributed by atoms with Gasteiger partial charge in [-0.3, -0.25) is 4.79 Å². The summed E-state index contributed by atoms with van der Waals surface area (Å²) in [7, 11) is 0. The summed E-state index contributed by atoms with van der Waals surface area (Å²) in [6.07, 6.45) is 1.62. The zero-order valence-electron chi connectivity index (χ0n) is 8.80. The third-order valence-electron chi connectivity index (χ3n) is 2.43. The van der Waals surface area contributed by atoms with Crippen molar-refractivity contribution in [3.8, 4) is 0 Å². The molecule has 0 aromatic heterocycles. The van der Waals surface area contributed by atoms with Crippen LogP contribution in [0.1, 0.15) is 13.8 Å². The van der Waals surface area contributed by atoms with Gasteiger partial charge in [0.1, 0.15) is 6.04 Å². The monoisotopic (exact) mass is 229 g/mol. The first kappa shape index (κ1) is 12.1. The van der Waals surface area contributed by atoms with Gasteiger partial charge in [-0.15, -0.1) is 0 Å². The summed E-state index contributed by atoms with van der Waals surface area (Å²) in [6, 6.07) is -0.806. The molecule has 0 spiro atoms. The van der Waals surface area contributed by atoms with Crippen molar-refractivity contribution >= 4 is 24.5 Å². The zero-order valence-corrected chi connectivity index (χ0v) is 9.70. The Labute approximate surface area is 94.4 Å². The van der Waals surface area contributed by atoms with Gasteiger partial charge in [0.2, 0.25) is 5.91 Å². The van der Waals surface area contributed by atoms with Gasteiger partial charge in [0.25, 0.3) is 0 Å². The maximum atomic E-state index is 11.8. The largest absolute Gasteiger partial charge is 0.479 e. The molecule has 0 saturated carbocycles. The molecule has 1 amide bonds. The lowest BCUT2D eigenvalue weighted by molar-refractivity contribution is -0.148. The molecule has 0 bridgehead atoms. The second kappa shape index (κ2) is 4.70.